The highest BCUT2D eigenvalue weighted by molar-refractivity contribution is 5.96. The number of anilines is 2. The van der Waals surface area contributed by atoms with Crippen LogP contribution in [-0.2, 0) is 4.79 Å². The maximum absolute atomic E-state index is 12.8. The molecule has 0 bridgehead atoms. The van der Waals surface area contributed by atoms with Crippen LogP contribution < -0.4 is 15.4 Å². The van der Waals surface area contributed by atoms with Crippen LogP contribution >= 0.6 is 0 Å². The minimum Gasteiger partial charge on any atom is -0.489 e. The van der Waals surface area contributed by atoms with E-state index in [-0.39, 0.29) is 24.5 Å². The summed E-state index contributed by atoms with van der Waals surface area (Å²) in [5, 5.41) is 5.99. The molecule has 1 fully saturated rings. The Labute approximate surface area is 178 Å². The summed E-state index contributed by atoms with van der Waals surface area (Å²) in [6, 6.07) is 14.7. The maximum atomic E-state index is 12.8. The van der Waals surface area contributed by atoms with E-state index in [9.17, 15) is 9.59 Å². The first kappa shape index (κ1) is 21.7. The van der Waals surface area contributed by atoms with E-state index in [2.05, 4.69) is 10.6 Å². The van der Waals surface area contributed by atoms with E-state index in [1.807, 2.05) is 67.3 Å². The Hall–Kier alpha value is -3.02. The van der Waals surface area contributed by atoms with Crippen LogP contribution in [0.3, 0.4) is 0 Å². The van der Waals surface area contributed by atoms with Crippen molar-refractivity contribution >= 4 is 23.2 Å². The average molecular weight is 410 g/mol. The molecule has 0 aromatic heterocycles. The number of benzene rings is 2. The van der Waals surface area contributed by atoms with Gasteiger partial charge in [-0.1, -0.05) is 31.0 Å². The molecule has 160 valence electrons. The molecule has 6 nitrogen and oxygen atoms in total. The summed E-state index contributed by atoms with van der Waals surface area (Å²) in [5.74, 6) is 0.523. The van der Waals surface area contributed by atoms with Crippen molar-refractivity contribution in [3.8, 4) is 5.75 Å². The number of nitrogens with one attached hydrogen (secondary N) is 2. The third-order valence-electron chi connectivity index (χ3n) is 4.98. The molecule has 6 heteroatoms. The Morgan fingerprint density at radius 3 is 2.47 bits per heavy atom. The van der Waals surface area contributed by atoms with Crippen LogP contribution in [0.1, 0.15) is 49.9 Å². The number of rotatable bonds is 7. The van der Waals surface area contributed by atoms with E-state index >= 15 is 0 Å². The molecule has 0 saturated carbocycles. The first-order chi connectivity index (χ1) is 14.5. The van der Waals surface area contributed by atoms with Crippen LogP contribution in [0.25, 0.3) is 0 Å². The first-order valence-corrected chi connectivity index (χ1v) is 10.7. The second-order valence-electron chi connectivity index (χ2n) is 7.85. The topological polar surface area (TPSA) is 70.7 Å². The monoisotopic (exact) mass is 409 g/mol. The van der Waals surface area contributed by atoms with Crippen molar-refractivity contribution in [3.63, 3.8) is 0 Å². The lowest BCUT2D eigenvalue weighted by molar-refractivity contribution is -0.114. The van der Waals surface area contributed by atoms with Crippen LogP contribution in [0.15, 0.2) is 48.5 Å². The van der Waals surface area contributed by atoms with Gasteiger partial charge in [0, 0.05) is 24.3 Å². The molecule has 30 heavy (non-hydrogen) atoms. The Kier molecular flexibility index (Phi) is 7.71. The molecule has 0 unspecified atom stereocenters. The zero-order valence-corrected chi connectivity index (χ0v) is 17.8. The Balaban J connectivity index is 1.58. The number of carbonyl (C=O) groups excluding carboxylic acids is 2. The summed E-state index contributed by atoms with van der Waals surface area (Å²) in [6.45, 7) is 5.62. The first-order valence-electron chi connectivity index (χ1n) is 10.7. The van der Waals surface area contributed by atoms with Crippen LogP contribution in [0.4, 0.5) is 11.4 Å². The van der Waals surface area contributed by atoms with E-state index in [4.69, 9.17) is 4.74 Å². The normalized spacial score (nSPS) is 14.2. The van der Waals surface area contributed by atoms with Gasteiger partial charge in [-0.2, -0.15) is 0 Å². The fourth-order valence-electron chi connectivity index (χ4n) is 3.52. The zero-order chi connectivity index (χ0) is 21.3. The Morgan fingerprint density at radius 2 is 1.73 bits per heavy atom. The van der Waals surface area contributed by atoms with Gasteiger partial charge in [0.25, 0.3) is 5.91 Å². The van der Waals surface area contributed by atoms with E-state index in [0.717, 1.165) is 31.6 Å². The van der Waals surface area contributed by atoms with Gasteiger partial charge in [0.15, 0.2) is 0 Å². The third kappa shape index (κ3) is 6.24. The molecule has 0 aliphatic carbocycles. The molecule has 0 spiro atoms. The molecule has 2 amide bonds. The standard InChI is InChI=1S/C24H31N3O3/c1-18(2)30-22-13-6-5-12-21(22)26-23(28)17-25-20-11-9-10-19(16-20)24(29)27-14-7-3-4-8-15-27/h5-6,9-13,16,18,25H,3-4,7-8,14-15,17H2,1-2H3,(H,26,28). The van der Waals surface area contributed by atoms with Crippen LogP contribution in [-0.4, -0.2) is 42.5 Å². The van der Waals surface area contributed by atoms with Crippen molar-refractivity contribution in [3.05, 3.63) is 54.1 Å². The minimum absolute atomic E-state index is 0.0191. The maximum Gasteiger partial charge on any atom is 0.253 e. The lowest BCUT2D eigenvalue weighted by atomic mass is 10.1. The van der Waals surface area contributed by atoms with Crippen molar-refractivity contribution in [1.82, 2.24) is 4.90 Å². The minimum atomic E-state index is -0.181. The van der Waals surface area contributed by atoms with Crippen LogP contribution in [0, 0.1) is 0 Å². The smallest absolute Gasteiger partial charge is 0.253 e. The summed E-state index contributed by atoms with van der Waals surface area (Å²) in [5.41, 5.74) is 2.04. The molecule has 3 rings (SSSR count). The lowest BCUT2D eigenvalue weighted by Gasteiger charge is -2.20. The largest absolute Gasteiger partial charge is 0.489 e. The molecule has 1 aliphatic heterocycles. The van der Waals surface area contributed by atoms with Crippen LogP contribution in [0.2, 0.25) is 0 Å². The summed E-state index contributed by atoms with van der Waals surface area (Å²) in [7, 11) is 0. The van der Waals surface area contributed by atoms with Gasteiger partial charge in [-0.15, -0.1) is 0 Å². The number of ether oxygens (including phenoxy) is 1. The highest BCUT2D eigenvalue weighted by Crippen LogP contribution is 2.24. The van der Waals surface area contributed by atoms with Gasteiger partial charge in [-0.25, -0.2) is 0 Å². The Bertz CT molecular complexity index is 858. The fraction of sp³-hybridized carbons (Fsp3) is 0.417. The predicted molar refractivity (Wildman–Crippen MR) is 120 cm³/mol. The number of likely N-dealkylation sites (tertiary alicyclic amines) is 1. The summed E-state index contributed by atoms with van der Waals surface area (Å²) in [4.78, 5) is 27.2. The Morgan fingerprint density at radius 1 is 1.00 bits per heavy atom. The van der Waals surface area contributed by atoms with Gasteiger partial charge in [0.2, 0.25) is 5.91 Å². The molecule has 2 aromatic rings. The molecule has 0 atom stereocenters. The number of carbonyl (C=O) groups is 2. The summed E-state index contributed by atoms with van der Waals surface area (Å²) in [6.07, 6.45) is 4.51. The third-order valence-corrected chi connectivity index (χ3v) is 4.98. The zero-order valence-electron chi connectivity index (χ0n) is 17.8. The number of amides is 2. The van der Waals surface area contributed by atoms with Crippen molar-refractivity contribution in [2.75, 3.05) is 30.3 Å². The SMILES string of the molecule is CC(C)Oc1ccccc1NC(=O)CNc1cccc(C(=O)N2CCCCCC2)c1. The van der Waals surface area contributed by atoms with E-state index in [1.165, 1.54) is 12.8 Å². The van der Waals surface area contributed by atoms with E-state index in [0.29, 0.717) is 17.0 Å². The quantitative estimate of drug-likeness (QED) is 0.704. The molecular weight excluding hydrogens is 378 g/mol. The number of hydrogen-bond donors (Lipinski definition) is 2. The van der Waals surface area contributed by atoms with Crippen molar-refractivity contribution in [2.45, 2.75) is 45.6 Å². The fourth-order valence-corrected chi connectivity index (χ4v) is 3.52. The van der Waals surface area contributed by atoms with Crippen LogP contribution in [0.5, 0.6) is 5.75 Å². The summed E-state index contributed by atoms with van der Waals surface area (Å²) < 4.78 is 5.74. The average Bonchev–Trinajstić information content (AvgIpc) is 3.02. The molecule has 2 aromatic carbocycles. The van der Waals surface area contributed by atoms with E-state index < -0.39 is 0 Å². The lowest BCUT2D eigenvalue weighted by Crippen LogP contribution is -2.31. The second-order valence-corrected chi connectivity index (χ2v) is 7.85. The predicted octanol–water partition coefficient (Wildman–Crippen LogP) is 4.54. The molecule has 0 radical (unpaired) electrons. The summed E-state index contributed by atoms with van der Waals surface area (Å²) >= 11 is 0. The number of para-hydroxylation sites is 2. The number of hydrogen-bond acceptors (Lipinski definition) is 4. The second kappa shape index (κ2) is 10.7. The van der Waals surface area contributed by atoms with Gasteiger partial charge in [0.1, 0.15) is 5.75 Å². The van der Waals surface area contributed by atoms with Gasteiger partial charge >= 0.3 is 0 Å². The van der Waals surface area contributed by atoms with Crippen molar-refractivity contribution in [1.29, 1.82) is 0 Å². The highest BCUT2D eigenvalue weighted by atomic mass is 16.5. The highest BCUT2D eigenvalue weighted by Gasteiger charge is 2.17. The molecular formula is C24H31N3O3. The molecule has 2 N–H and O–H groups in total. The van der Waals surface area contributed by atoms with Gasteiger partial charge in [0.05, 0.1) is 18.3 Å². The van der Waals surface area contributed by atoms with Gasteiger partial charge in [-0.3, -0.25) is 9.59 Å². The molecule has 1 saturated heterocycles. The van der Waals surface area contributed by atoms with Gasteiger partial charge < -0.3 is 20.3 Å². The van der Waals surface area contributed by atoms with Crippen molar-refractivity contribution in [2.24, 2.45) is 0 Å². The van der Waals surface area contributed by atoms with Gasteiger partial charge in [-0.05, 0) is 57.0 Å². The van der Waals surface area contributed by atoms with E-state index in [1.54, 1.807) is 0 Å². The molecule has 1 heterocycles. The number of nitrogens with zero attached hydrogens (tertiary/aromatic N) is 1. The molecule has 1 aliphatic rings. The van der Waals surface area contributed by atoms with Crippen molar-refractivity contribution < 1.29 is 14.3 Å².